The molecule has 0 radical (unpaired) electrons. The SMILES string of the molecule is CCCCCCCC(/C=C(/I)CI)O[Si](C)(C)C(C)(C)C. The average Bonchev–Trinajstić information content (AvgIpc) is 2.36. The van der Waals surface area contributed by atoms with Crippen molar-refractivity contribution in [3.8, 4) is 0 Å². The Labute approximate surface area is 161 Å². The Morgan fingerprint density at radius 3 is 2.19 bits per heavy atom. The minimum absolute atomic E-state index is 0.289. The largest absolute Gasteiger partial charge is 0.411 e. The van der Waals surface area contributed by atoms with Gasteiger partial charge < -0.3 is 4.43 Å². The lowest BCUT2D eigenvalue weighted by Gasteiger charge is -2.38. The molecule has 0 aliphatic heterocycles. The van der Waals surface area contributed by atoms with Crippen LogP contribution in [0.15, 0.2) is 9.66 Å². The predicted molar refractivity (Wildman–Crippen MR) is 116 cm³/mol. The van der Waals surface area contributed by atoms with Gasteiger partial charge in [0, 0.05) is 4.43 Å². The number of unbranched alkanes of at least 4 members (excludes halogenated alkanes) is 4. The molecular weight excluding hydrogens is 502 g/mol. The van der Waals surface area contributed by atoms with Crippen molar-refractivity contribution >= 4 is 53.5 Å². The average molecular weight is 536 g/mol. The zero-order valence-corrected chi connectivity index (χ0v) is 20.1. The van der Waals surface area contributed by atoms with E-state index in [0.717, 1.165) is 4.43 Å². The molecule has 0 N–H and O–H groups in total. The van der Waals surface area contributed by atoms with Gasteiger partial charge in [0.1, 0.15) is 0 Å². The summed E-state index contributed by atoms with van der Waals surface area (Å²) in [5.41, 5.74) is 0. The van der Waals surface area contributed by atoms with Crippen molar-refractivity contribution in [1.29, 1.82) is 0 Å². The third kappa shape index (κ3) is 9.97. The third-order valence-electron chi connectivity index (χ3n) is 4.34. The van der Waals surface area contributed by atoms with E-state index in [1.54, 1.807) is 0 Å². The van der Waals surface area contributed by atoms with Gasteiger partial charge in [-0.25, -0.2) is 0 Å². The first-order chi connectivity index (χ1) is 9.64. The number of halogens is 2. The molecule has 0 aromatic rings. The van der Waals surface area contributed by atoms with Gasteiger partial charge in [-0.2, -0.15) is 0 Å². The summed E-state index contributed by atoms with van der Waals surface area (Å²) in [4.78, 5) is 0. The molecule has 0 saturated carbocycles. The summed E-state index contributed by atoms with van der Waals surface area (Å²) in [6.07, 6.45) is 10.6. The van der Waals surface area contributed by atoms with E-state index >= 15 is 0 Å². The van der Waals surface area contributed by atoms with Gasteiger partial charge in [-0.15, -0.1) is 0 Å². The zero-order chi connectivity index (χ0) is 16.5. The first-order valence-corrected chi connectivity index (χ1v) is 13.7. The highest BCUT2D eigenvalue weighted by Gasteiger charge is 2.38. The third-order valence-corrected chi connectivity index (χ3v) is 11.9. The van der Waals surface area contributed by atoms with Crippen LogP contribution in [0.25, 0.3) is 0 Å². The second kappa shape index (κ2) is 11.0. The molecule has 0 rings (SSSR count). The van der Waals surface area contributed by atoms with E-state index in [1.807, 2.05) is 0 Å². The maximum atomic E-state index is 6.64. The van der Waals surface area contributed by atoms with Crippen LogP contribution in [0, 0.1) is 0 Å². The van der Waals surface area contributed by atoms with Crippen LogP contribution in [-0.2, 0) is 4.43 Å². The molecule has 0 aromatic heterocycles. The Balaban J connectivity index is 4.61. The fraction of sp³-hybridized carbons (Fsp3) is 0.882. The number of rotatable bonds is 10. The normalized spacial score (nSPS) is 15.3. The summed E-state index contributed by atoms with van der Waals surface area (Å²) in [6, 6.07) is 0. The minimum Gasteiger partial charge on any atom is -0.411 e. The van der Waals surface area contributed by atoms with Gasteiger partial charge in [-0.05, 0) is 56.8 Å². The van der Waals surface area contributed by atoms with Gasteiger partial charge in [0.15, 0.2) is 8.32 Å². The van der Waals surface area contributed by atoms with E-state index in [9.17, 15) is 0 Å². The van der Waals surface area contributed by atoms with Gasteiger partial charge in [-0.3, -0.25) is 0 Å². The van der Waals surface area contributed by atoms with Crippen molar-refractivity contribution in [1.82, 2.24) is 0 Å². The maximum absolute atomic E-state index is 6.64. The van der Waals surface area contributed by atoms with Crippen LogP contribution in [-0.4, -0.2) is 18.8 Å². The van der Waals surface area contributed by atoms with Crippen LogP contribution >= 0.6 is 45.2 Å². The van der Waals surface area contributed by atoms with Gasteiger partial charge in [0.05, 0.1) is 6.10 Å². The molecule has 1 atom stereocenters. The van der Waals surface area contributed by atoms with Crippen LogP contribution in [0.1, 0.15) is 66.2 Å². The van der Waals surface area contributed by atoms with Crippen LogP contribution in [0.3, 0.4) is 0 Å². The number of hydrogen-bond donors (Lipinski definition) is 0. The molecular formula is C17H34I2OSi. The Bertz CT molecular complexity index is 308. The quantitative estimate of drug-likeness (QED) is 0.122. The molecule has 0 fully saturated rings. The topological polar surface area (TPSA) is 9.23 Å². The van der Waals surface area contributed by atoms with Gasteiger partial charge >= 0.3 is 0 Å². The minimum atomic E-state index is -1.67. The van der Waals surface area contributed by atoms with Gasteiger partial charge in [0.25, 0.3) is 0 Å². The highest BCUT2D eigenvalue weighted by molar-refractivity contribution is 14.1. The van der Waals surface area contributed by atoms with E-state index in [-0.39, 0.29) is 5.04 Å². The molecule has 1 unspecified atom stereocenters. The first-order valence-electron chi connectivity index (χ1n) is 8.24. The van der Waals surface area contributed by atoms with Crippen molar-refractivity contribution in [3.63, 3.8) is 0 Å². The Morgan fingerprint density at radius 1 is 1.14 bits per heavy atom. The van der Waals surface area contributed by atoms with Gasteiger partial charge in [-0.1, -0.05) is 82.4 Å². The summed E-state index contributed by atoms with van der Waals surface area (Å²) >= 11 is 4.89. The lowest BCUT2D eigenvalue weighted by molar-refractivity contribution is 0.210. The predicted octanol–water partition coefficient (Wildman–Crippen LogP) is 7.49. The van der Waals surface area contributed by atoms with E-state index < -0.39 is 8.32 Å². The summed E-state index contributed by atoms with van der Waals surface area (Å²) in [5.74, 6) is 0. The van der Waals surface area contributed by atoms with Crippen molar-refractivity contribution in [2.75, 3.05) is 4.43 Å². The Hall–Kier alpha value is 1.38. The van der Waals surface area contributed by atoms with Gasteiger partial charge in [0.2, 0.25) is 0 Å². The molecule has 126 valence electrons. The van der Waals surface area contributed by atoms with E-state index in [0.29, 0.717) is 6.10 Å². The Morgan fingerprint density at radius 2 is 1.71 bits per heavy atom. The van der Waals surface area contributed by atoms with E-state index in [4.69, 9.17) is 4.43 Å². The Kier molecular flexibility index (Phi) is 11.7. The number of allylic oxidation sites excluding steroid dienone is 1. The summed E-state index contributed by atoms with van der Waals surface area (Å²) in [5, 5.41) is 0.289. The van der Waals surface area contributed by atoms with E-state index in [1.165, 1.54) is 42.1 Å². The first kappa shape index (κ1) is 22.4. The summed E-state index contributed by atoms with van der Waals surface area (Å²) in [7, 11) is -1.67. The smallest absolute Gasteiger partial charge is 0.192 e. The second-order valence-corrected chi connectivity index (χ2v) is 14.3. The molecule has 0 amide bonds. The summed E-state index contributed by atoms with van der Waals surface area (Å²) < 4.78 is 9.15. The maximum Gasteiger partial charge on any atom is 0.192 e. The molecule has 0 heterocycles. The molecule has 0 aliphatic carbocycles. The number of alkyl halides is 1. The van der Waals surface area contributed by atoms with Crippen molar-refractivity contribution in [2.45, 2.75) is 90.5 Å². The van der Waals surface area contributed by atoms with Crippen molar-refractivity contribution in [2.24, 2.45) is 0 Å². The van der Waals surface area contributed by atoms with E-state index in [2.05, 4.69) is 92.0 Å². The molecule has 4 heteroatoms. The molecule has 0 aromatic carbocycles. The second-order valence-electron chi connectivity index (χ2n) is 7.37. The number of hydrogen-bond acceptors (Lipinski definition) is 1. The molecule has 0 saturated heterocycles. The fourth-order valence-corrected chi connectivity index (χ4v) is 3.88. The fourth-order valence-electron chi connectivity index (χ4n) is 1.93. The molecule has 0 spiro atoms. The van der Waals surface area contributed by atoms with Crippen LogP contribution in [0.4, 0.5) is 0 Å². The molecule has 1 nitrogen and oxygen atoms in total. The summed E-state index contributed by atoms with van der Waals surface area (Å²) in [6.45, 7) is 14.0. The molecule has 21 heavy (non-hydrogen) atoms. The lowest BCUT2D eigenvalue weighted by atomic mass is 10.1. The van der Waals surface area contributed by atoms with Crippen LogP contribution in [0.2, 0.25) is 18.1 Å². The van der Waals surface area contributed by atoms with Crippen molar-refractivity contribution in [3.05, 3.63) is 9.66 Å². The molecule has 0 aliphatic rings. The highest BCUT2D eigenvalue weighted by Crippen LogP contribution is 2.38. The monoisotopic (exact) mass is 536 g/mol. The highest BCUT2D eigenvalue weighted by atomic mass is 127. The van der Waals surface area contributed by atoms with Crippen LogP contribution in [0.5, 0.6) is 0 Å². The van der Waals surface area contributed by atoms with Crippen LogP contribution < -0.4 is 0 Å². The standard InChI is InChI=1S/C17H34I2OSi/c1-7-8-9-10-11-12-16(13-15(19)14-18)20-21(5,6)17(2,3)4/h13,16H,7-12,14H2,1-6H3/b15-13+. The molecule has 0 bridgehead atoms. The zero-order valence-electron chi connectivity index (χ0n) is 14.8. The lowest BCUT2D eigenvalue weighted by Crippen LogP contribution is -2.43. The van der Waals surface area contributed by atoms with Crippen molar-refractivity contribution < 1.29 is 4.43 Å².